The number of benzene rings is 1. The van der Waals surface area contributed by atoms with Gasteiger partial charge < -0.3 is 20.3 Å². The Hall–Kier alpha value is -2.98. The minimum atomic E-state index is -1.06. The zero-order valence-electron chi connectivity index (χ0n) is 19.8. The van der Waals surface area contributed by atoms with Crippen molar-refractivity contribution in [2.75, 3.05) is 18.5 Å². The van der Waals surface area contributed by atoms with E-state index in [1.165, 1.54) is 22.7 Å². The van der Waals surface area contributed by atoms with Crippen LogP contribution in [0.25, 0.3) is 21.7 Å². The average molecular weight is 544 g/mol. The van der Waals surface area contributed by atoms with Gasteiger partial charge in [0.2, 0.25) is 0 Å². The fourth-order valence-corrected chi connectivity index (χ4v) is 5.70. The lowest BCUT2D eigenvalue weighted by molar-refractivity contribution is 0.0697. The number of ether oxygens (including phenoxy) is 1. The molecule has 3 N–H and O–H groups in total. The average Bonchev–Trinajstić information content (AvgIpc) is 3.50. The van der Waals surface area contributed by atoms with E-state index in [-0.39, 0.29) is 18.0 Å². The first-order chi connectivity index (χ1) is 17.4. The maximum absolute atomic E-state index is 12.0. The van der Waals surface area contributed by atoms with Crippen molar-refractivity contribution in [2.45, 2.75) is 26.7 Å². The lowest BCUT2D eigenvalue weighted by Gasteiger charge is -2.10. The van der Waals surface area contributed by atoms with Crippen LogP contribution in [0.4, 0.5) is 10.9 Å². The third-order valence-corrected chi connectivity index (χ3v) is 7.41. The molecule has 0 unspecified atom stereocenters. The van der Waals surface area contributed by atoms with E-state index in [0.29, 0.717) is 34.8 Å². The number of hydrogen-bond acceptors (Lipinski definition) is 8. The molecule has 188 valence electrons. The zero-order valence-corrected chi connectivity index (χ0v) is 22.2. The second-order valence-electron chi connectivity index (χ2n) is 8.49. The van der Waals surface area contributed by atoms with E-state index in [9.17, 15) is 9.90 Å². The van der Waals surface area contributed by atoms with Crippen molar-refractivity contribution in [1.29, 1.82) is 0 Å². The number of aliphatic hydroxyl groups excluding tert-OH is 1. The predicted octanol–water partition coefficient (Wildman–Crippen LogP) is 6.99. The van der Waals surface area contributed by atoms with Gasteiger partial charge in [0.05, 0.1) is 17.3 Å². The van der Waals surface area contributed by atoms with Crippen LogP contribution in [0.3, 0.4) is 0 Å². The molecular formula is C26H26ClN3O4S2. The van der Waals surface area contributed by atoms with Crippen molar-refractivity contribution < 1.29 is 19.7 Å². The summed E-state index contributed by atoms with van der Waals surface area (Å²) in [6.45, 7) is 4.70. The van der Waals surface area contributed by atoms with E-state index in [1.54, 1.807) is 18.3 Å². The summed E-state index contributed by atoms with van der Waals surface area (Å²) in [5, 5.41) is 24.9. The van der Waals surface area contributed by atoms with Crippen LogP contribution < -0.4 is 10.1 Å². The number of aromatic nitrogens is 2. The second kappa shape index (κ2) is 11.8. The molecule has 0 saturated heterocycles. The first kappa shape index (κ1) is 26.1. The quantitative estimate of drug-likeness (QED) is 0.175. The molecule has 4 rings (SSSR count). The van der Waals surface area contributed by atoms with Gasteiger partial charge in [-0.05, 0) is 48.1 Å². The van der Waals surface area contributed by atoms with Crippen LogP contribution in [0.15, 0.2) is 48.0 Å². The van der Waals surface area contributed by atoms with E-state index in [2.05, 4.69) is 24.1 Å². The van der Waals surface area contributed by atoms with Crippen LogP contribution >= 0.6 is 34.3 Å². The lowest BCUT2D eigenvalue weighted by Crippen LogP contribution is -2.05. The van der Waals surface area contributed by atoms with E-state index < -0.39 is 5.97 Å². The molecule has 0 spiro atoms. The molecule has 0 saturated carbocycles. The number of nitrogens with zero attached hydrogens (tertiary/aromatic N) is 2. The van der Waals surface area contributed by atoms with Crippen molar-refractivity contribution in [2.24, 2.45) is 5.92 Å². The Bertz CT molecular complexity index is 1340. The van der Waals surface area contributed by atoms with Crippen molar-refractivity contribution in [3.8, 4) is 27.4 Å². The Labute approximate surface area is 222 Å². The fraction of sp³-hybridized carbons (Fsp3) is 0.269. The van der Waals surface area contributed by atoms with Crippen molar-refractivity contribution in [3.05, 3.63) is 63.4 Å². The van der Waals surface area contributed by atoms with Crippen molar-refractivity contribution in [3.63, 3.8) is 0 Å². The molecule has 0 radical (unpaired) electrons. The Balaban J connectivity index is 1.65. The van der Waals surface area contributed by atoms with E-state index >= 15 is 0 Å². The lowest BCUT2D eigenvalue weighted by atomic mass is 10.0. The molecule has 36 heavy (non-hydrogen) atoms. The summed E-state index contributed by atoms with van der Waals surface area (Å²) in [5.74, 6) is 0.122. The number of carbonyl (C=O) groups is 1. The Morgan fingerprint density at radius 1 is 1.22 bits per heavy atom. The first-order valence-corrected chi connectivity index (χ1v) is 13.5. The number of pyridine rings is 1. The molecule has 1 aromatic carbocycles. The molecule has 4 aromatic rings. The number of thiophene rings is 1. The predicted molar refractivity (Wildman–Crippen MR) is 146 cm³/mol. The number of hydrogen-bond donors (Lipinski definition) is 3. The molecule has 0 amide bonds. The third-order valence-electron chi connectivity index (χ3n) is 5.21. The number of rotatable bonds is 11. The van der Waals surface area contributed by atoms with Gasteiger partial charge in [-0.3, -0.25) is 0 Å². The minimum Gasteiger partial charge on any atom is -0.492 e. The maximum Gasteiger partial charge on any atom is 0.339 e. The van der Waals surface area contributed by atoms with Crippen LogP contribution in [0.2, 0.25) is 5.02 Å². The molecule has 0 fully saturated rings. The molecule has 0 aliphatic heterocycles. The summed E-state index contributed by atoms with van der Waals surface area (Å²) < 4.78 is 5.63. The Morgan fingerprint density at radius 2 is 2.06 bits per heavy atom. The molecule has 7 nitrogen and oxygen atoms in total. The van der Waals surface area contributed by atoms with Gasteiger partial charge in [0.1, 0.15) is 17.1 Å². The second-order valence-corrected chi connectivity index (χ2v) is 10.9. The molecule has 0 aliphatic rings. The minimum absolute atomic E-state index is 0.0536. The highest BCUT2D eigenvalue weighted by atomic mass is 35.5. The third kappa shape index (κ3) is 6.22. The number of aromatic carboxylic acids is 1. The number of nitrogens with one attached hydrogen (secondary N) is 1. The largest absolute Gasteiger partial charge is 0.492 e. The molecule has 3 heterocycles. The van der Waals surface area contributed by atoms with Gasteiger partial charge in [-0.2, -0.15) is 0 Å². The summed E-state index contributed by atoms with van der Waals surface area (Å²) in [7, 11) is 0. The summed E-state index contributed by atoms with van der Waals surface area (Å²) in [6, 6.07) is 11.0. The Kier molecular flexibility index (Phi) is 8.58. The fourth-order valence-electron chi connectivity index (χ4n) is 3.56. The van der Waals surface area contributed by atoms with Crippen LogP contribution in [-0.2, 0) is 6.42 Å². The molecular weight excluding hydrogens is 518 g/mol. The summed E-state index contributed by atoms with van der Waals surface area (Å²) >= 11 is 9.46. The SMILES string of the molecule is CC(C)Cc1sc(Nc2ncc(-c3cccs3)cc2C(=O)O)nc1-c1ccc(OCCCO)c(Cl)c1. The van der Waals surface area contributed by atoms with E-state index in [0.717, 1.165) is 33.0 Å². The highest BCUT2D eigenvalue weighted by Gasteiger charge is 2.19. The van der Waals surface area contributed by atoms with Crippen LogP contribution in [0.1, 0.15) is 35.5 Å². The first-order valence-electron chi connectivity index (χ1n) is 11.4. The van der Waals surface area contributed by atoms with E-state index in [1.807, 2.05) is 29.6 Å². The molecule has 0 aliphatic carbocycles. The highest BCUT2D eigenvalue weighted by molar-refractivity contribution is 7.16. The highest BCUT2D eigenvalue weighted by Crippen LogP contribution is 2.38. The summed E-state index contributed by atoms with van der Waals surface area (Å²) in [4.78, 5) is 23.2. The molecule has 0 atom stereocenters. The van der Waals surface area contributed by atoms with Gasteiger partial charge >= 0.3 is 5.97 Å². The van der Waals surface area contributed by atoms with Crippen molar-refractivity contribution >= 4 is 51.2 Å². The number of thiazole rings is 1. The molecule has 3 aromatic heterocycles. The number of carboxylic acid groups (broad SMARTS) is 1. The van der Waals surface area contributed by atoms with Crippen LogP contribution in [0.5, 0.6) is 5.75 Å². The number of carboxylic acids is 1. The van der Waals surface area contributed by atoms with Crippen molar-refractivity contribution in [1.82, 2.24) is 9.97 Å². The zero-order chi connectivity index (χ0) is 25.7. The van der Waals surface area contributed by atoms with Crippen LogP contribution in [0, 0.1) is 5.92 Å². The standard InChI is InChI=1S/C26H26ClN3O4S2/c1-15(2)11-22-23(16-6-7-20(19(27)13-16)34-9-4-8-31)29-26(36-22)30-24-18(25(32)33)12-17(14-28-24)21-5-3-10-35-21/h3,5-7,10,12-15,31H,4,8-9,11H2,1-2H3,(H,32,33)(H,28,29,30). The number of anilines is 2. The normalized spacial score (nSPS) is 11.1. The summed E-state index contributed by atoms with van der Waals surface area (Å²) in [6.07, 6.45) is 3.00. The van der Waals surface area contributed by atoms with E-state index in [4.69, 9.17) is 26.4 Å². The Morgan fingerprint density at radius 3 is 2.72 bits per heavy atom. The smallest absolute Gasteiger partial charge is 0.339 e. The topological polar surface area (TPSA) is 105 Å². The molecule has 10 heteroatoms. The van der Waals surface area contributed by atoms with Gasteiger partial charge in [-0.15, -0.1) is 22.7 Å². The monoisotopic (exact) mass is 543 g/mol. The summed E-state index contributed by atoms with van der Waals surface area (Å²) in [5.41, 5.74) is 2.46. The van der Waals surface area contributed by atoms with Gasteiger partial charge in [-0.1, -0.05) is 31.5 Å². The van der Waals surface area contributed by atoms with Gasteiger partial charge in [0.25, 0.3) is 0 Å². The number of aliphatic hydroxyl groups is 1. The van der Waals surface area contributed by atoms with Gasteiger partial charge in [-0.25, -0.2) is 14.8 Å². The number of halogens is 1. The molecule has 0 bridgehead atoms. The van der Waals surface area contributed by atoms with Gasteiger partial charge in [0, 0.05) is 40.1 Å². The van der Waals surface area contributed by atoms with Crippen LogP contribution in [-0.4, -0.2) is 39.4 Å². The maximum atomic E-state index is 12.0. The van der Waals surface area contributed by atoms with Gasteiger partial charge in [0.15, 0.2) is 5.13 Å².